The summed E-state index contributed by atoms with van der Waals surface area (Å²) in [5, 5.41) is 10.0. The standard InChI is InChI=1S/C25H29N7O/c1-3-31-17-20(15-27-31)16-29-11-13-30(14-12-29)23(33)18-32-25-24(19(2)28-32)22(9-10-26-25)21-7-5-4-6-8-21/h4-10,15,17H,3,11-14,16,18H2,1-2H3. The van der Waals surface area contributed by atoms with Crippen LogP contribution >= 0.6 is 0 Å². The third kappa shape index (κ3) is 4.39. The summed E-state index contributed by atoms with van der Waals surface area (Å²) in [7, 11) is 0. The second-order valence-electron chi connectivity index (χ2n) is 8.53. The maximum Gasteiger partial charge on any atom is 0.244 e. The van der Waals surface area contributed by atoms with Gasteiger partial charge in [-0.1, -0.05) is 30.3 Å². The Kier molecular flexibility index (Phi) is 5.92. The van der Waals surface area contributed by atoms with Crippen LogP contribution in [0.4, 0.5) is 0 Å². The van der Waals surface area contributed by atoms with Crippen molar-refractivity contribution >= 4 is 16.9 Å². The molecule has 1 aliphatic rings. The number of nitrogens with zero attached hydrogens (tertiary/aromatic N) is 7. The molecule has 0 saturated carbocycles. The van der Waals surface area contributed by atoms with Gasteiger partial charge in [-0.25, -0.2) is 9.67 Å². The zero-order chi connectivity index (χ0) is 22.8. The largest absolute Gasteiger partial charge is 0.339 e. The Balaban J connectivity index is 1.26. The van der Waals surface area contributed by atoms with Gasteiger partial charge >= 0.3 is 0 Å². The van der Waals surface area contributed by atoms with E-state index in [0.717, 1.165) is 67.1 Å². The van der Waals surface area contributed by atoms with Crippen LogP contribution in [0, 0.1) is 6.92 Å². The first-order valence-electron chi connectivity index (χ1n) is 11.5. The number of hydrogen-bond acceptors (Lipinski definition) is 5. The molecule has 4 aromatic rings. The van der Waals surface area contributed by atoms with E-state index >= 15 is 0 Å². The van der Waals surface area contributed by atoms with Crippen molar-refractivity contribution in [1.29, 1.82) is 0 Å². The van der Waals surface area contributed by atoms with Gasteiger partial charge in [0.25, 0.3) is 0 Å². The van der Waals surface area contributed by atoms with E-state index in [-0.39, 0.29) is 12.5 Å². The van der Waals surface area contributed by atoms with Crippen LogP contribution in [0.3, 0.4) is 0 Å². The lowest BCUT2D eigenvalue weighted by Gasteiger charge is -2.34. The minimum absolute atomic E-state index is 0.0877. The van der Waals surface area contributed by atoms with Crippen LogP contribution < -0.4 is 0 Å². The molecule has 5 rings (SSSR count). The SMILES string of the molecule is CCn1cc(CN2CCN(C(=O)Cn3nc(C)c4c(-c5ccccc5)ccnc43)CC2)cn1. The number of rotatable bonds is 6. The van der Waals surface area contributed by atoms with Crippen LogP contribution in [0.2, 0.25) is 0 Å². The molecule has 0 radical (unpaired) electrons. The van der Waals surface area contributed by atoms with Crippen LogP contribution in [0.15, 0.2) is 55.0 Å². The fraction of sp³-hybridized carbons (Fsp3) is 0.360. The summed E-state index contributed by atoms with van der Waals surface area (Å²) >= 11 is 0. The van der Waals surface area contributed by atoms with Gasteiger partial charge in [0, 0.05) is 62.6 Å². The lowest BCUT2D eigenvalue weighted by molar-refractivity contribution is -0.133. The van der Waals surface area contributed by atoms with Crippen molar-refractivity contribution in [2.45, 2.75) is 33.5 Å². The van der Waals surface area contributed by atoms with Crippen molar-refractivity contribution in [3.8, 4) is 11.1 Å². The average Bonchev–Trinajstić information content (AvgIpc) is 3.44. The molecule has 1 aliphatic heterocycles. The predicted molar refractivity (Wildman–Crippen MR) is 127 cm³/mol. The molecule has 1 amide bonds. The van der Waals surface area contributed by atoms with Gasteiger partial charge in [-0.15, -0.1) is 0 Å². The zero-order valence-electron chi connectivity index (χ0n) is 19.2. The fourth-order valence-electron chi connectivity index (χ4n) is 4.55. The highest BCUT2D eigenvalue weighted by Gasteiger charge is 2.23. The third-order valence-electron chi connectivity index (χ3n) is 6.32. The molecule has 0 unspecified atom stereocenters. The summed E-state index contributed by atoms with van der Waals surface area (Å²) in [6.45, 7) is 9.20. The predicted octanol–water partition coefficient (Wildman–Crippen LogP) is 2.97. The van der Waals surface area contributed by atoms with Gasteiger partial charge < -0.3 is 4.90 Å². The summed E-state index contributed by atoms with van der Waals surface area (Å²) in [6, 6.07) is 12.3. The van der Waals surface area contributed by atoms with E-state index in [0.29, 0.717) is 0 Å². The Morgan fingerprint density at radius 1 is 1.06 bits per heavy atom. The lowest BCUT2D eigenvalue weighted by atomic mass is 10.0. The molecule has 0 bridgehead atoms. The maximum absolute atomic E-state index is 13.1. The van der Waals surface area contributed by atoms with Gasteiger partial charge in [0.2, 0.25) is 5.91 Å². The molecule has 1 aromatic carbocycles. The van der Waals surface area contributed by atoms with E-state index in [1.54, 1.807) is 10.9 Å². The van der Waals surface area contributed by atoms with Crippen LogP contribution in [0.5, 0.6) is 0 Å². The number of piperazine rings is 1. The van der Waals surface area contributed by atoms with E-state index in [9.17, 15) is 4.79 Å². The van der Waals surface area contributed by atoms with Crippen LogP contribution in [-0.2, 0) is 24.4 Å². The second-order valence-corrected chi connectivity index (χ2v) is 8.53. The lowest BCUT2D eigenvalue weighted by Crippen LogP contribution is -2.49. The highest BCUT2D eigenvalue weighted by atomic mass is 16.2. The number of pyridine rings is 1. The monoisotopic (exact) mass is 443 g/mol. The number of benzene rings is 1. The third-order valence-corrected chi connectivity index (χ3v) is 6.32. The number of carbonyl (C=O) groups excluding carboxylic acids is 1. The minimum atomic E-state index is 0.0877. The van der Waals surface area contributed by atoms with E-state index in [4.69, 9.17) is 0 Å². The zero-order valence-corrected chi connectivity index (χ0v) is 19.2. The molecule has 0 aliphatic carbocycles. The maximum atomic E-state index is 13.1. The first kappa shape index (κ1) is 21.3. The number of aromatic nitrogens is 5. The van der Waals surface area contributed by atoms with E-state index < -0.39 is 0 Å². The highest BCUT2D eigenvalue weighted by molar-refractivity contribution is 5.95. The average molecular weight is 444 g/mol. The molecule has 3 aromatic heterocycles. The minimum Gasteiger partial charge on any atom is -0.339 e. The Morgan fingerprint density at radius 2 is 1.85 bits per heavy atom. The summed E-state index contributed by atoms with van der Waals surface area (Å²) in [6.07, 6.45) is 5.83. The molecule has 0 atom stereocenters. The first-order valence-corrected chi connectivity index (χ1v) is 11.5. The molecule has 170 valence electrons. The van der Waals surface area contributed by atoms with Gasteiger partial charge in [-0.3, -0.25) is 14.4 Å². The molecule has 1 saturated heterocycles. The van der Waals surface area contributed by atoms with E-state index in [1.165, 1.54) is 5.56 Å². The van der Waals surface area contributed by atoms with Crippen molar-refractivity contribution < 1.29 is 4.79 Å². The molecule has 0 N–H and O–H groups in total. The van der Waals surface area contributed by atoms with Gasteiger partial charge in [-0.2, -0.15) is 10.2 Å². The summed E-state index contributed by atoms with van der Waals surface area (Å²) < 4.78 is 3.70. The Hall–Kier alpha value is -3.52. The highest BCUT2D eigenvalue weighted by Crippen LogP contribution is 2.29. The van der Waals surface area contributed by atoms with Crippen LogP contribution in [0.1, 0.15) is 18.2 Å². The molecule has 0 spiro atoms. The molecule has 1 fully saturated rings. The molecular formula is C25H29N7O. The summed E-state index contributed by atoms with van der Waals surface area (Å²) in [4.78, 5) is 22.0. The topological polar surface area (TPSA) is 72.1 Å². The number of fused-ring (bicyclic) bond motifs is 1. The van der Waals surface area contributed by atoms with E-state index in [2.05, 4.69) is 45.3 Å². The number of hydrogen-bond donors (Lipinski definition) is 0. The summed E-state index contributed by atoms with van der Waals surface area (Å²) in [5.41, 5.74) is 5.09. The number of amides is 1. The fourth-order valence-corrected chi connectivity index (χ4v) is 4.55. The number of aryl methyl sites for hydroxylation is 2. The smallest absolute Gasteiger partial charge is 0.244 e. The molecule has 8 heteroatoms. The first-order chi connectivity index (χ1) is 16.1. The second kappa shape index (κ2) is 9.15. The summed E-state index contributed by atoms with van der Waals surface area (Å²) in [5.74, 6) is 0.0877. The van der Waals surface area contributed by atoms with Crippen molar-refractivity contribution in [2.75, 3.05) is 26.2 Å². The van der Waals surface area contributed by atoms with Crippen molar-refractivity contribution in [3.63, 3.8) is 0 Å². The molecular weight excluding hydrogens is 414 g/mol. The normalized spacial score (nSPS) is 14.8. The Bertz CT molecular complexity index is 1250. The molecule has 33 heavy (non-hydrogen) atoms. The van der Waals surface area contributed by atoms with Crippen molar-refractivity contribution in [2.24, 2.45) is 0 Å². The quantitative estimate of drug-likeness (QED) is 0.458. The number of carbonyl (C=O) groups is 1. The van der Waals surface area contributed by atoms with Gasteiger partial charge in [0.1, 0.15) is 6.54 Å². The van der Waals surface area contributed by atoms with Crippen LogP contribution in [-0.4, -0.2) is 66.4 Å². The van der Waals surface area contributed by atoms with E-state index in [1.807, 2.05) is 47.0 Å². The van der Waals surface area contributed by atoms with Crippen molar-refractivity contribution in [1.82, 2.24) is 34.3 Å². The van der Waals surface area contributed by atoms with Gasteiger partial charge in [-0.05, 0) is 31.0 Å². The van der Waals surface area contributed by atoms with Gasteiger partial charge in [0.15, 0.2) is 5.65 Å². The van der Waals surface area contributed by atoms with Crippen LogP contribution in [0.25, 0.3) is 22.2 Å². The molecule has 4 heterocycles. The Labute approximate surface area is 193 Å². The van der Waals surface area contributed by atoms with Gasteiger partial charge in [0.05, 0.1) is 11.9 Å². The van der Waals surface area contributed by atoms with Crippen molar-refractivity contribution in [3.05, 3.63) is 66.2 Å². The molecule has 8 nitrogen and oxygen atoms in total. The Morgan fingerprint density at radius 3 is 2.58 bits per heavy atom.